The summed E-state index contributed by atoms with van der Waals surface area (Å²) in [6.07, 6.45) is 6.25. The monoisotopic (exact) mass is 517 g/mol. The van der Waals surface area contributed by atoms with Gasteiger partial charge in [0.05, 0.1) is 9.88 Å². The number of nitrogens with zero attached hydrogens (tertiary/aromatic N) is 4. The van der Waals surface area contributed by atoms with Crippen LogP contribution in [0.1, 0.15) is 41.3 Å². The molecule has 5 rings (SSSR count). The van der Waals surface area contributed by atoms with Crippen LogP contribution in [0.15, 0.2) is 42.7 Å². The Kier molecular flexibility index (Phi) is 7.15. The zero-order valence-corrected chi connectivity index (χ0v) is 21.9. The van der Waals surface area contributed by atoms with E-state index < -0.39 is 5.60 Å². The third-order valence-corrected chi connectivity index (χ3v) is 8.21. The first kappa shape index (κ1) is 25.2. The number of anilines is 1. The number of pyridine rings is 1. The minimum Gasteiger partial charge on any atom is -0.485 e. The lowest BCUT2D eigenvalue weighted by molar-refractivity contribution is -0.137. The van der Waals surface area contributed by atoms with E-state index in [0.717, 1.165) is 41.9 Å². The number of piperidine rings is 1. The topological polar surface area (TPSA) is 105 Å². The van der Waals surface area contributed by atoms with Gasteiger partial charge in [0.15, 0.2) is 11.6 Å². The molecule has 0 aliphatic carbocycles. The molecule has 2 aliphatic heterocycles. The molecule has 0 saturated carbocycles. The number of aliphatic hydroxyl groups is 1. The summed E-state index contributed by atoms with van der Waals surface area (Å²) in [4.78, 5) is 26.1. The predicted molar refractivity (Wildman–Crippen MR) is 144 cm³/mol. The maximum absolute atomic E-state index is 12.2. The summed E-state index contributed by atoms with van der Waals surface area (Å²) in [5.74, 6) is 6.68. The summed E-state index contributed by atoms with van der Waals surface area (Å²) in [6.45, 7) is 2.97. The first-order valence-electron chi connectivity index (χ1n) is 12.4. The Labute approximate surface area is 221 Å². The molecule has 1 atom stereocenters. The van der Waals surface area contributed by atoms with Crippen LogP contribution >= 0.6 is 11.3 Å². The average molecular weight is 518 g/mol. The number of hydrogen-bond acceptors (Lipinski definition) is 8. The molecule has 37 heavy (non-hydrogen) atoms. The highest BCUT2D eigenvalue weighted by Crippen LogP contribution is 2.36. The maximum atomic E-state index is 12.2. The van der Waals surface area contributed by atoms with Gasteiger partial charge in [-0.3, -0.25) is 4.79 Å². The van der Waals surface area contributed by atoms with Gasteiger partial charge in [0, 0.05) is 49.5 Å². The van der Waals surface area contributed by atoms with Crippen molar-refractivity contribution in [2.45, 2.75) is 37.4 Å². The van der Waals surface area contributed by atoms with Gasteiger partial charge >= 0.3 is 0 Å². The zero-order valence-electron chi connectivity index (χ0n) is 21.1. The van der Waals surface area contributed by atoms with Crippen molar-refractivity contribution in [3.05, 3.63) is 58.9 Å². The molecule has 1 aromatic carbocycles. The number of nitrogen functional groups attached to an aromatic ring is 1. The van der Waals surface area contributed by atoms with Gasteiger partial charge in [-0.25, -0.2) is 9.97 Å². The SMILES string of the molecule is CN1CCC(c2ncc(-c3cnc(N)c(OCc4cccc(C#CC5(O)CCN(C)C5=O)c4)c3)s2)CC1. The Hall–Kier alpha value is -3.45. The quantitative estimate of drug-likeness (QED) is 0.501. The molecule has 0 spiro atoms. The Morgan fingerprint density at radius 2 is 2.00 bits per heavy atom. The van der Waals surface area contributed by atoms with Gasteiger partial charge in [-0.15, -0.1) is 11.3 Å². The molecule has 9 heteroatoms. The minimum atomic E-state index is -1.62. The molecule has 3 aromatic rings. The standard InChI is InChI=1S/C28H31N5O3S/c1-32-11-7-21(8-12-32)26-31-17-24(37-26)22-15-23(25(29)30-16-22)36-18-20-5-3-4-19(14-20)6-9-28(35)10-13-33(2)27(28)34/h3-5,14-17,21,35H,7-8,10-13,18H2,1-2H3,(H2,29,30). The van der Waals surface area contributed by atoms with Crippen LogP contribution in [-0.4, -0.2) is 70.1 Å². The van der Waals surface area contributed by atoms with Gasteiger partial charge in [0.2, 0.25) is 5.60 Å². The number of amides is 1. The number of carbonyl (C=O) groups excluding carboxylic acids is 1. The number of likely N-dealkylation sites (tertiary alicyclic amines) is 2. The average Bonchev–Trinajstić information content (AvgIpc) is 3.49. The van der Waals surface area contributed by atoms with Crippen LogP contribution in [-0.2, 0) is 11.4 Å². The summed E-state index contributed by atoms with van der Waals surface area (Å²) in [7, 11) is 3.83. The number of thiazole rings is 1. The Morgan fingerprint density at radius 3 is 2.76 bits per heavy atom. The molecule has 2 aliphatic rings. The second-order valence-corrected chi connectivity index (χ2v) is 10.9. The molecule has 3 N–H and O–H groups in total. The lowest BCUT2D eigenvalue weighted by Gasteiger charge is -2.27. The number of carbonyl (C=O) groups is 1. The molecule has 8 nitrogen and oxygen atoms in total. The molecule has 0 bridgehead atoms. The lowest BCUT2D eigenvalue weighted by atomic mass is 9.98. The number of hydrogen-bond donors (Lipinski definition) is 2. The van der Waals surface area contributed by atoms with Crippen LogP contribution in [0.5, 0.6) is 5.75 Å². The highest BCUT2D eigenvalue weighted by atomic mass is 32.1. The zero-order chi connectivity index (χ0) is 26.0. The molecule has 2 fully saturated rings. The van der Waals surface area contributed by atoms with Crippen LogP contribution in [0.4, 0.5) is 5.82 Å². The number of ether oxygens (including phenoxy) is 1. The van der Waals surface area contributed by atoms with Crippen LogP contribution in [0, 0.1) is 11.8 Å². The molecule has 2 aromatic heterocycles. The minimum absolute atomic E-state index is 0.278. The van der Waals surface area contributed by atoms with Crippen molar-refractivity contribution < 1.29 is 14.6 Å². The number of rotatable bonds is 5. The fourth-order valence-corrected chi connectivity index (χ4v) is 5.68. The van der Waals surface area contributed by atoms with E-state index in [1.54, 1.807) is 24.6 Å². The van der Waals surface area contributed by atoms with E-state index in [0.29, 0.717) is 36.0 Å². The van der Waals surface area contributed by atoms with Gasteiger partial charge < -0.3 is 25.4 Å². The molecule has 2 saturated heterocycles. The van der Waals surface area contributed by atoms with Crippen molar-refractivity contribution in [1.29, 1.82) is 0 Å². The maximum Gasteiger partial charge on any atom is 0.267 e. The summed E-state index contributed by atoms with van der Waals surface area (Å²) < 4.78 is 6.04. The van der Waals surface area contributed by atoms with Crippen LogP contribution in [0.2, 0.25) is 0 Å². The summed E-state index contributed by atoms with van der Waals surface area (Å²) in [6, 6.07) is 9.43. The first-order chi connectivity index (χ1) is 17.8. The second-order valence-electron chi connectivity index (χ2n) is 9.82. The van der Waals surface area contributed by atoms with Crippen molar-refractivity contribution in [2.75, 3.05) is 39.5 Å². The smallest absolute Gasteiger partial charge is 0.267 e. The van der Waals surface area contributed by atoms with E-state index in [1.807, 2.05) is 36.5 Å². The molecule has 1 unspecified atom stereocenters. The van der Waals surface area contributed by atoms with Gasteiger partial charge in [-0.1, -0.05) is 24.0 Å². The Balaban J connectivity index is 1.26. The fraction of sp³-hybridized carbons (Fsp3) is 0.393. The van der Waals surface area contributed by atoms with Gasteiger partial charge in [-0.05, 0) is 56.7 Å². The summed E-state index contributed by atoms with van der Waals surface area (Å²) >= 11 is 1.71. The third kappa shape index (κ3) is 5.62. The third-order valence-electron chi connectivity index (χ3n) is 7.00. The lowest BCUT2D eigenvalue weighted by Crippen LogP contribution is -2.37. The van der Waals surface area contributed by atoms with E-state index in [1.165, 1.54) is 9.91 Å². The number of likely N-dealkylation sites (N-methyl/N-ethyl adjacent to an activating group) is 1. The number of aromatic nitrogens is 2. The van der Waals surface area contributed by atoms with Crippen molar-refractivity contribution in [3.63, 3.8) is 0 Å². The highest BCUT2D eigenvalue weighted by molar-refractivity contribution is 7.15. The van der Waals surface area contributed by atoms with Gasteiger partial charge in [-0.2, -0.15) is 0 Å². The number of nitrogens with two attached hydrogens (primary N) is 1. The molecular weight excluding hydrogens is 486 g/mol. The van der Waals surface area contributed by atoms with Crippen molar-refractivity contribution in [1.82, 2.24) is 19.8 Å². The van der Waals surface area contributed by atoms with Crippen LogP contribution in [0.3, 0.4) is 0 Å². The van der Waals surface area contributed by atoms with Gasteiger partial charge in [0.25, 0.3) is 5.91 Å². The second kappa shape index (κ2) is 10.5. The molecular formula is C28H31N5O3S. The van der Waals surface area contributed by atoms with Crippen LogP contribution in [0.25, 0.3) is 10.4 Å². The van der Waals surface area contributed by atoms with Crippen molar-refractivity contribution >= 4 is 23.1 Å². The fourth-order valence-electron chi connectivity index (χ4n) is 4.62. The van der Waals surface area contributed by atoms with E-state index in [4.69, 9.17) is 15.5 Å². The summed E-state index contributed by atoms with van der Waals surface area (Å²) in [5.41, 5.74) is 7.01. The van der Waals surface area contributed by atoms with Crippen molar-refractivity contribution in [2.24, 2.45) is 0 Å². The summed E-state index contributed by atoms with van der Waals surface area (Å²) in [5, 5.41) is 11.7. The molecule has 1 amide bonds. The number of benzene rings is 1. The molecule has 192 valence electrons. The highest BCUT2D eigenvalue weighted by Gasteiger charge is 2.42. The Morgan fingerprint density at radius 1 is 1.19 bits per heavy atom. The Bertz CT molecular complexity index is 1360. The van der Waals surface area contributed by atoms with E-state index in [2.05, 4.69) is 28.8 Å². The van der Waals surface area contributed by atoms with Crippen molar-refractivity contribution in [3.8, 4) is 28.0 Å². The largest absolute Gasteiger partial charge is 0.485 e. The van der Waals surface area contributed by atoms with Gasteiger partial charge in [0.1, 0.15) is 6.61 Å². The molecule has 0 radical (unpaired) electrons. The van der Waals surface area contributed by atoms with E-state index in [-0.39, 0.29) is 12.5 Å². The first-order valence-corrected chi connectivity index (χ1v) is 13.3. The molecule has 4 heterocycles. The predicted octanol–water partition coefficient (Wildman–Crippen LogP) is 3.12. The van der Waals surface area contributed by atoms with Crippen LogP contribution < -0.4 is 10.5 Å². The van der Waals surface area contributed by atoms with E-state index in [9.17, 15) is 9.90 Å². The normalized spacial score (nSPS) is 20.6. The van der Waals surface area contributed by atoms with E-state index >= 15 is 0 Å².